The molecule has 0 aromatic carbocycles. The van der Waals surface area contributed by atoms with Crippen LogP contribution in [0.3, 0.4) is 0 Å². The van der Waals surface area contributed by atoms with Crippen molar-refractivity contribution in [3.8, 4) is 0 Å². The predicted molar refractivity (Wildman–Crippen MR) is 73.6 cm³/mol. The minimum atomic E-state index is -0.264. The maximum Gasteiger partial charge on any atom is 0.114 e. The van der Waals surface area contributed by atoms with Crippen molar-refractivity contribution in [2.24, 2.45) is 0 Å². The fourth-order valence-electron chi connectivity index (χ4n) is 2.13. The molecular weight excluding hydrogens is 250 g/mol. The second-order valence-corrected chi connectivity index (χ2v) is 4.67. The van der Waals surface area contributed by atoms with E-state index in [1.807, 2.05) is 19.0 Å². The van der Waals surface area contributed by atoms with E-state index < -0.39 is 0 Å². The molecule has 19 heavy (non-hydrogen) atoms. The van der Waals surface area contributed by atoms with Crippen molar-refractivity contribution in [2.75, 3.05) is 62.8 Å². The van der Waals surface area contributed by atoms with Gasteiger partial charge in [0.15, 0.2) is 0 Å². The summed E-state index contributed by atoms with van der Waals surface area (Å²) in [6.07, 6.45) is -0.823. The van der Waals surface area contributed by atoms with Crippen molar-refractivity contribution in [3.63, 3.8) is 0 Å². The van der Waals surface area contributed by atoms with Gasteiger partial charge < -0.3 is 28.6 Å². The molecule has 0 fully saturated rings. The summed E-state index contributed by atoms with van der Waals surface area (Å²) >= 11 is 0. The molecule has 0 aromatic heterocycles. The minimum Gasteiger partial charge on any atom is -0.382 e. The summed E-state index contributed by atoms with van der Waals surface area (Å²) in [6, 6.07) is 0. The van der Waals surface area contributed by atoms with Crippen LogP contribution in [0.25, 0.3) is 0 Å². The van der Waals surface area contributed by atoms with E-state index in [0.29, 0.717) is 6.61 Å². The fraction of sp³-hybridized carbons (Fsp3) is 1.00. The monoisotopic (exact) mass is 279 g/mol. The minimum absolute atomic E-state index is 0.112. The van der Waals surface area contributed by atoms with Gasteiger partial charge in [0.25, 0.3) is 0 Å². The second kappa shape index (κ2) is 10.5. The Kier molecular flexibility index (Phi) is 10.4. The molecule has 6 nitrogen and oxygen atoms in total. The highest BCUT2D eigenvalue weighted by Gasteiger charge is 2.36. The maximum absolute atomic E-state index is 5.57. The van der Waals surface area contributed by atoms with E-state index in [1.54, 1.807) is 35.5 Å². The smallest absolute Gasteiger partial charge is 0.114 e. The molecule has 0 heterocycles. The molecule has 116 valence electrons. The number of nitrogens with zero attached hydrogens (tertiary/aromatic N) is 1. The second-order valence-electron chi connectivity index (χ2n) is 4.67. The van der Waals surface area contributed by atoms with Crippen molar-refractivity contribution in [1.82, 2.24) is 4.90 Å². The van der Waals surface area contributed by atoms with Crippen LogP contribution in [0.4, 0.5) is 0 Å². The van der Waals surface area contributed by atoms with Gasteiger partial charge in [-0.2, -0.15) is 0 Å². The first kappa shape index (κ1) is 18.8. The van der Waals surface area contributed by atoms with Crippen LogP contribution in [-0.4, -0.2) is 92.1 Å². The van der Waals surface area contributed by atoms with Crippen LogP contribution in [0.5, 0.6) is 0 Å². The van der Waals surface area contributed by atoms with Crippen LogP contribution < -0.4 is 0 Å². The molecule has 0 radical (unpaired) electrons. The summed E-state index contributed by atoms with van der Waals surface area (Å²) in [4.78, 5) is 2.05. The number of hydrogen-bond acceptors (Lipinski definition) is 6. The number of hydrogen-bond donors (Lipinski definition) is 0. The topological polar surface area (TPSA) is 49.4 Å². The Morgan fingerprint density at radius 2 is 1.21 bits per heavy atom. The Bertz CT molecular complexity index is 215. The average molecular weight is 279 g/mol. The summed E-state index contributed by atoms with van der Waals surface area (Å²) in [5.74, 6) is 0. The average Bonchev–Trinajstić information content (AvgIpc) is 2.40. The highest BCUT2D eigenvalue weighted by Crippen LogP contribution is 2.17. The van der Waals surface area contributed by atoms with E-state index in [1.165, 1.54) is 0 Å². The van der Waals surface area contributed by atoms with E-state index >= 15 is 0 Å². The molecule has 0 saturated heterocycles. The Morgan fingerprint density at radius 1 is 0.737 bits per heavy atom. The first-order valence-corrected chi connectivity index (χ1v) is 6.30. The van der Waals surface area contributed by atoms with Gasteiger partial charge in [0, 0.05) is 42.1 Å². The van der Waals surface area contributed by atoms with Gasteiger partial charge in [0.2, 0.25) is 0 Å². The van der Waals surface area contributed by atoms with E-state index in [9.17, 15) is 0 Å². The summed E-state index contributed by atoms with van der Waals surface area (Å²) in [5, 5.41) is 0. The SMILES string of the molecule is COC[C@@H](OC)[C@@H](OC)[C@H](OC)[C@H](CN(C)C)OC. The van der Waals surface area contributed by atoms with Crippen LogP contribution in [0.2, 0.25) is 0 Å². The van der Waals surface area contributed by atoms with Crippen molar-refractivity contribution < 1.29 is 23.7 Å². The third-order valence-corrected chi connectivity index (χ3v) is 3.08. The molecular formula is C13H29NO5. The summed E-state index contributed by atoms with van der Waals surface area (Å²) < 4.78 is 27.2. The number of ether oxygens (including phenoxy) is 5. The van der Waals surface area contributed by atoms with Gasteiger partial charge in [-0.15, -0.1) is 0 Å². The van der Waals surface area contributed by atoms with Crippen LogP contribution in [0.1, 0.15) is 0 Å². The van der Waals surface area contributed by atoms with Gasteiger partial charge in [0.05, 0.1) is 12.7 Å². The van der Waals surface area contributed by atoms with Crippen molar-refractivity contribution >= 4 is 0 Å². The molecule has 0 unspecified atom stereocenters. The standard InChI is InChI=1S/C13H29NO5/c1-14(2)8-10(16-4)12(18-6)13(19-7)11(17-5)9-15-3/h10-13H,8-9H2,1-7H3/t10-,11+,12+,13+/m0/s1. The van der Waals surface area contributed by atoms with Crippen molar-refractivity contribution in [2.45, 2.75) is 24.4 Å². The molecule has 0 aliphatic heterocycles. The number of methoxy groups -OCH3 is 5. The third kappa shape index (κ3) is 6.16. The van der Waals surface area contributed by atoms with Gasteiger partial charge in [-0.1, -0.05) is 0 Å². The lowest BCUT2D eigenvalue weighted by molar-refractivity contribution is -0.160. The number of rotatable bonds is 11. The van der Waals surface area contributed by atoms with Crippen molar-refractivity contribution in [1.29, 1.82) is 0 Å². The van der Waals surface area contributed by atoms with E-state index in [-0.39, 0.29) is 24.4 Å². The molecule has 0 spiro atoms. The molecule has 0 saturated carbocycles. The maximum atomic E-state index is 5.57. The lowest BCUT2D eigenvalue weighted by atomic mass is 10.0. The van der Waals surface area contributed by atoms with Gasteiger partial charge >= 0.3 is 0 Å². The Labute approximate surface area is 116 Å². The first-order valence-electron chi connectivity index (χ1n) is 6.30. The van der Waals surface area contributed by atoms with E-state index in [4.69, 9.17) is 23.7 Å². The molecule has 0 aliphatic carbocycles. The third-order valence-electron chi connectivity index (χ3n) is 3.08. The molecule has 4 atom stereocenters. The zero-order valence-corrected chi connectivity index (χ0v) is 13.2. The highest BCUT2D eigenvalue weighted by molar-refractivity contribution is 4.86. The zero-order valence-electron chi connectivity index (χ0n) is 13.2. The van der Waals surface area contributed by atoms with Crippen molar-refractivity contribution in [3.05, 3.63) is 0 Å². The molecule has 0 amide bonds. The Balaban J connectivity index is 4.91. The first-order chi connectivity index (χ1) is 9.05. The molecule has 0 N–H and O–H groups in total. The predicted octanol–water partition coefficient (Wildman–Crippen LogP) is 0.254. The van der Waals surface area contributed by atoms with Crippen LogP contribution in [0, 0.1) is 0 Å². The lowest BCUT2D eigenvalue weighted by Gasteiger charge is -2.35. The van der Waals surface area contributed by atoms with Gasteiger partial charge in [-0.05, 0) is 14.1 Å². The molecule has 0 rings (SSSR count). The molecule has 6 heteroatoms. The number of likely N-dealkylation sites (N-methyl/N-ethyl adjacent to an activating group) is 1. The van der Waals surface area contributed by atoms with E-state index in [0.717, 1.165) is 6.54 Å². The summed E-state index contributed by atoms with van der Waals surface area (Å²) in [5.41, 5.74) is 0. The van der Waals surface area contributed by atoms with Crippen LogP contribution >= 0.6 is 0 Å². The fourth-order valence-corrected chi connectivity index (χ4v) is 2.13. The molecule has 0 aliphatic rings. The van der Waals surface area contributed by atoms with Crippen LogP contribution in [0.15, 0.2) is 0 Å². The molecule has 0 bridgehead atoms. The summed E-state index contributed by atoms with van der Waals surface area (Å²) in [7, 11) is 12.2. The van der Waals surface area contributed by atoms with Gasteiger partial charge in [-0.25, -0.2) is 0 Å². The zero-order chi connectivity index (χ0) is 14.8. The molecule has 0 aromatic rings. The Morgan fingerprint density at radius 3 is 1.53 bits per heavy atom. The summed E-state index contributed by atoms with van der Waals surface area (Å²) in [6.45, 7) is 1.17. The lowest BCUT2D eigenvalue weighted by Crippen LogP contribution is -2.52. The van der Waals surface area contributed by atoms with Crippen LogP contribution in [-0.2, 0) is 23.7 Å². The van der Waals surface area contributed by atoms with E-state index in [2.05, 4.69) is 0 Å². The van der Waals surface area contributed by atoms with Gasteiger partial charge in [0.1, 0.15) is 18.3 Å². The Hall–Kier alpha value is -0.240. The largest absolute Gasteiger partial charge is 0.382 e. The highest BCUT2D eigenvalue weighted by atomic mass is 16.6. The van der Waals surface area contributed by atoms with Gasteiger partial charge in [-0.3, -0.25) is 0 Å². The quantitative estimate of drug-likeness (QED) is 0.540. The normalized spacial score (nSPS) is 18.3.